The maximum atomic E-state index is 8.97. The molecule has 15 heavy (non-hydrogen) atoms. The lowest BCUT2D eigenvalue weighted by Gasteiger charge is -2.09. The van der Waals surface area contributed by atoms with Crippen LogP contribution in [0.25, 0.3) is 0 Å². The van der Waals surface area contributed by atoms with Crippen LogP contribution in [0.4, 0.5) is 0 Å². The standard InChI is InChI=1S/C10H17N3O2/c14-7-10-11-8-12-13(10)5-1-3-9-4-2-6-15-9/h8-9,14H,1-7H2. The van der Waals surface area contributed by atoms with E-state index in [4.69, 9.17) is 9.84 Å². The van der Waals surface area contributed by atoms with Crippen molar-refractivity contribution in [1.82, 2.24) is 14.8 Å². The number of rotatable bonds is 5. The average molecular weight is 211 g/mol. The Morgan fingerprint density at radius 1 is 1.60 bits per heavy atom. The number of aryl methyl sites for hydroxylation is 1. The van der Waals surface area contributed by atoms with Crippen molar-refractivity contribution in [3.05, 3.63) is 12.2 Å². The third-order valence-electron chi connectivity index (χ3n) is 2.76. The van der Waals surface area contributed by atoms with Gasteiger partial charge in [0.1, 0.15) is 12.9 Å². The van der Waals surface area contributed by atoms with Gasteiger partial charge in [0, 0.05) is 13.2 Å². The van der Waals surface area contributed by atoms with Crippen molar-refractivity contribution in [2.24, 2.45) is 0 Å². The molecule has 0 aromatic carbocycles. The van der Waals surface area contributed by atoms with Gasteiger partial charge in [-0.2, -0.15) is 5.10 Å². The summed E-state index contributed by atoms with van der Waals surface area (Å²) in [7, 11) is 0. The molecule has 0 spiro atoms. The van der Waals surface area contributed by atoms with Crippen molar-refractivity contribution in [2.45, 2.75) is 44.9 Å². The average Bonchev–Trinajstić information content (AvgIpc) is 2.88. The Balaban J connectivity index is 1.73. The second-order valence-electron chi connectivity index (χ2n) is 3.83. The molecule has 1 atom stereocenters. The first-order chi connectivity index (χ1) is 7.40. The zero-order valence-electron chi connectivity index (χ0n) is 8.80. The Bertz CT molecular complexity index is 295. The molecule has 5 heteroatoms. The molecule has 1 aliphatic rings. The van der Waals surface area contributed by atoms with E-state index in [2.05, 4.69) is 10.1 Å². The first-order valence-corrected chi connectivity index (χ1v) is 5.49. The second-order valence-corrected chi connectivity index (χ2v) is 3.83. The Morgan fingerprint density at radius 3 is 3.27 bits per heavy atom. The molecule has 1 fully saturated rings. The van der Waals surface area contributed by atoms with Crippen molar-refractivity contribution < 1.29 is 9.84 Å². The van der Waals surface area contributed by atoms with Crippen LogP contribution in [0.2, 0.25) is 0 Å². The monoisotopic (exact) mass is 211 g/mol. The van der Waals surface area contributed by atoms with E-state index in [1.807, 2.05) is 0 Å². The van der Waals surface area contributed by atoms with E-state index in [-0.39, 0.29) is 6.61 Å². The van der Waals surface area contributed by atoms with Gasteiger partial charge in [-0.3, -0.25) is 0 Å². The van der Waals surface area contributed by atoms with E-state index in [0.29, 0.717) is 11.9 Å². The largest absolute Gasteiger partial charge is 0.388 e. The van der Waals surface area contributed by atoms with Crippen molar-refractivity contribution in [1.29, 1.82) is 0 Å². The van der Waals surface area contributed by atoms with Crippen LogP contribution < -0.4 is 0 Å². The van der Waals surface area contributed by atoms with Crippen molar-refractivity contribution in [2.75, 3.05) is 6.61 Å². The number of hydrogen-bond acceptors (Lipinski definition) is 4. The summed E-state index contributed by atoms with van der Waals surface area (Å²) in [5, 5.41) is 13.0. The minimum atomic E-state index is -0.0417. The zero-order valence-corrected chi connectivity index (χ0v) is 8.80. The topological polar surface area (TPSA) is 60.2 Å². The molecule has 5 nitrogen and oxygen atoms in total. The summed E-state index contributed by atoms with van der Waals surface area (Å²) in [5.74, 6) is 0.641. The molecular formula is C10H17N3O2. The van der Waals surface area contributed by atoms with Crippen LogP contribution in [0.15, 0.2) is 6.33 Å². The van der Waals surface area contributed by atoms with Crippen LogP contribution in [0, 0.1) is 0 Å². The maximum Gasteiger partial charge on any atom is 0.152 e. The molecule has 1 saturated heterocycles. The van der Waals surface area contributed by atoms with Gasteiger partial charge in [-0.05, 0) is 25.7 Å². The highest BCUT2D eigenvalue weighted by Gasteiger charge is 2.14. The van der Waals surface area contributed by atoms with E-state index in [1.165, 1.54) is 19.2 Å². The van der Waals surface area contributed by atoms with Gasteiger partial charge in [0.05, 0.1) is 6.10 Å². The van der Waals surface area contributed by atoms with Gasteiger partial charge in [0.15, 0.2) is 5.82 Å². The van der Waals surface area contributed by atoms with E-state index >= 15 is 0 Å². The highest BCUT2D eigenvalue weighted by molar-refractivity contribution is 4.80. The van der Waals surface area contributed by atoms with Gasteiger partial charge in [-0.1, -0.05) is 0 Å². The van der Waals surface area contributed by atoms with Gasteiger partial charge in [-0.25, -0.2) is 9.67 Å². The molecule has 1 N–H and O–H groups in total. The number of hydrogen-bond donors (Lipinski definition) is 1. The van der Waals surface area contributed by atoms with Gasteiger partial charge >= 0.3 is 0 Å². The Morgan fingerprint density at radius 2 is 2.53 bits per heavy atom. The van der Waals surface area contributed by atoms with Crippen LogP contribution in [0.1, 0.15) is 31.5 Å². The van der Waals surface area contributed by atoms with E-state index in [0.717, 1.165) is 26.0 Å². The smallest absolute Gasteiger partial charge is 0.152 e. The normalized spacial score (nSPS) is 21.0. The minimum Gasteiger partial charge on any atom is -0.388 e. The minimum absolute atomic E-state index is 0.0417. The molecule has 0 aliphatic carbocycles. The summed E-state index contributed by atoms with van der Waals surface area (Å²) >= 11 is 0. The first-order valence-electron chi connectivity index (χ1n) is 5.49. The SMILES string of the molecule is OCc1ncnn1CCCC1CCCO1. The first kappa shape index (κ1) is 10.6. The number of nitrogens with zero attached hydrogens (tertiary/aromatic N) is 3. The van der Waals surface area contributed by atoms with Crippen molar-refractivity contribution in [3.8, 4) is 0 Å². The Kier molecular flexibility index (Phi) is 3.69. The van der Waals surface area contributed by atoms with Crippen molar-refractivity contribution in [3.63, 3.8) is 0 Å². The number of aromatic nitrogens is 3. The maximum absolute atomic E-state index is 8.97. The number of aliphatic hydroxyl groups excluding tert-OH is 1. The molecule has 1 aromatic rings. The van der Waals surface area contributed by atoms with Crippen LogP contribution in [0.3, 0.4) is 0 Å². The molecule has 0 saturated carbocycles. The molecule has 1 aromatic heterocycles. The summed E-state index contributed by atoms with van der Waals surface area (Å²) in [5.41, 5.74) is 0. The predicted octanol–water partition coefficient (Wildman–Crippen LogP) is 0.730. The molecule has 1 unspecified atom stereocenters. The highest BCUT2D eigenvalue weighted by Crippen LogP contribution is 2.17. The fourth-order valence-electron chi connectivity index (χ4n) is 1.94. The third kappa shape index (κ3) is 2.76. The lowest BCUT2D eigenvalue weighted by atomic mass is 10.1. The lowest BCUT2D eigenvalue weighted by molar-refractivity contribution is 0.101. The summed E-state index contributed by atoms with van der Waals surface area (Å²) in [6.07, 6.45) is 6.40. The van der Waals surface area contributed by atoms with Crippen LogP contribution in [-0.4, -0.2) is 32.6 Å². The fraction of sp³-hybridized carbons (Fsp3) is 0.800. The lowest BCUT2D eigenvalue weighted by Crippen LogP contribution is -2.10. The van der Waals surface area contributed by atoms with Gasteiger partial charge in [-0.15, -0.1) is 0 Å². The van der Waals surface area contributed by atoms with E-state index in [9.17, 15) is 0 Å². The molecule has 2 rings (SSSR count). The second kappa shape index (κ2) is 5.23. The van der Waals surface area contributed by atoms with Crippen molar-refractivity contribution >= 4 is 0 Å². The van der Waals surface area contributed by atoms with Crippen LogP contribution in [-0.2, 0) is 17.9 Å². The van der Waals surface area contributed by atoms with Gasteiger partial charge < -0.3 is 9.84 Å². The predicted molar refractivity (Wildman–Crippen MR) is 54.2 cm³/mol. The Hall–Kier alpha value is -0.940. The van der Waals surface area contributed by atoms with E-state index < -0.39 is 0 Å². The van der Waals surface area contributed by atoms with Crippen LogP contribution >= 0.6 is 0 Å². The Labute approximate surface area is 89.1 Å². The number of aliphatic hydroxyl groups is 1. The summed E-state index contributed by atoms with van der Waals surface area (Å²) in [6, 6.07) is 0. The van der Waals surface area contributed by atoms with Gasteiger partial charge in [0.2, 0.25) is 0 Å². The number of ether oxygens (including phenoxy) is 1. The molecule has 0 bridgehead atoms. The van der Waals surface area contributed by atoms with Crippen LogP contribution in [0.5, 0.6) is 0 Å². The quantitative estimate of drug-likeness (QED) is 0.780. The van der Waals surface area contributed by atoms with Gasteiger partial charge in [0.25, 0.3) is 0 Å². The van der Waals surface area contributed by atoms with E-state index in [1.54, 1.807) is 4.68 Å². The molecule has 0 amide bonds. The summed E-state index contributed by atoms with van der Waals surface area (Å²) < 4.78 is 7.29. The molecule has 0 radical (unpaired) electrons. The fourth-order valence-corrected chi connectivity index (χ4v) is 1.94. The molecular weight excluding hydrogens is 194 g/mol. The third-order valence-corrected chi connectivity index (χ3v) is 2.76. The summed E-state index contributed by atoms with van der Waals surface area (Å²) in [4.78, 5) is 3.96. The molecule has 84 valence electrons. The molecule has 1 aliphatic heterocycles. The summed E-state index contributed by atoms with van der Waals surface area (Å²) in [6.45, 7) is 1.69. The highest BCUT2D eigenvalue weighted by atomic mass is 16.5. The zero-order chi connectivity index (χ0) is 10.5. The molecule has 2 heterocycles.